The number of hydrogen-bond donors (Lipinski definition) is 2. The number of hydrogen-bond acceptors (Lipinski definition) is 3. The van der Waals surface area contributed by atoms with Crippen LogP contribution in [0.15, 0.2) is 53.3 Å². The number of nitrogens with two attached hydrogens (primary N) is 1. The SMILES string of the molecule is Cl.Nc1ccccc1C(=O)N1CCC(n2c(=O)[nH]c3ccccc32)CC1. The number of carbonyl (C=O) groups is 1. The van der Waals surface area contributed by atoms with Gasteiger partial charge in [-0.25, -0.2) is 4.79 Å². The van der Waals surface area contributed by atoms with Crippen LogP contribution in [0.2, 0.25) is 0 Å². The summed E-state index contributed by atoms with van der Waals surface area (Å²) in [5.41, 5.74) is 8.65. The molecule has 0 bridgehead atoms. The molecule has 1 aromatic heterocycles. The van der Waals surface area contributed by atoms with Gasteiger partial charge < -0.3 is 15.6 Å². The van der Waals surface area contributed by atoms with Crippen LogP contribution >= 0.6 is 12.4 Å². The maximum atomic E-state index is 12.7. The lowest BCUT2D eigenvalue weighted by Gasteiger charge is -2.32. The molecule has 6 nitrogen and oxygen atoms in total. The van der Waals surface area contributed by atoms with Gasteiger partial charge in [-0.3, -0.25) is 9.36 Å². The van der Waals surface area contributed by atoms with E-state index in [4.69, 9.17) is 5.73 Å². The standard InChI is InChI=1S/C19H20N4O2.ClH/c20-15-6-2-1-5-14(15)18(24)22-11-9-13(10-12-22)23-17-8-4-3-7-16(17)21-19(23)25;/h1-8,13H,9-12,20H2,(H,21,25);1H. The van der Waals surface area contributed by atoms with E-state index in [2.05, 4.69) is 4.98 Å². The van der Waals surface area contributed by atoms with Gasteiger partial charge in [0.2, 0.25) is 0 Å². The Labute approximate surface area is 157 Å². The minimum absolute atomic E-state index is 0. The van der Waals surface area contributed by atoms with E-state index in [1.807, 2.05) is 45.9 Å². The van der Waals surface area contributed by atoms with Crippen LogP contribution in [0, 0.1) is 0 Å². The number of H-pyrrole nitrogens is 1. The predicted molar refractivity (Wildman–Crippen MR) is 105 cm³/mol. The predicted octanol–water partition coefficient (Wildman–Crippen LogP) is 2.81. The second kappa shape index (κ2) is 7.25. The summed E-state index contributed by atoms with van der Waals surface area (Å²) in [5, 5.41) is 0. The number of aromatic amines is 1. The van der Waals surface area contributed by atoms with Gasteiger partial charge in [0, 0.05) is 24.8 Å². The van der Waals surface area contributed by atoms with E-state index in [1.54, 1.807) is 12.1 Å². The van der Waals surface area contributed by atoms with Crippen LogP contribution < -0.4 is 11.4 Å². The molecular weight excluding hydrogens is 352 g/mol. The van der Waals surface area contributed by atoms with Crippen LogP contribution in [0.5, 0.6) is 0 Å². The smallest absolute Gasteiger partial charge is 0.326 e. The molecule has 4 rings (SSSR count). The zero-order valence-electron chi connectivity index (χ0n) is 14.2. The van der Waals surface area contributed by atoms with Crippen molar-refractivity contribution in [2.24, 2.45) is 0 Å². The summed E-state index contributed by atoms with van der Waals surface area (Å²) in [6, 6.07) is 14.9. The Morgan fingerprint density at radius 1 is 1.04 bits per heavy atom. The molecule has 0 spiro atoms. The van der Waals surface area contributed by atoms with Gasteiger partial charge >= 0.3 is 5.69 Å². The van der Waals surface area contributed by atoms with Crippen molar-refractivity contribution in [2.75, 3.05) is 18.8 Å². The molecule has 0 saturated carbocycles. The third kappa shape index (κ3) is 3.08. The maximum absolute atomic E-state index is 12.7. The van der Waals surface area contributed by atoms with E-state index in [0.29, 0.717) is 24.3 Å². The minimum Gasteiger partial charge on any atom is -0.398 e. The molecule has 1 amide bonds. The van der Waals surface area contributed by atoms with Gasteiger partial charge in [-0.1, -0.05) is 24.3 Å². The molecule has 1 aliphatic rings. The Morgan fingerprint density at radius 3 is 2.42 bits per heavy atom. The summed E-state index contributed by atoms with van der Waals surface area (Å²) in [7, 11) is 0. The number of piperidine rings is 1. The van der Waals surface area contributed by atoms with Gasteiger partial charge in [0.05, 0.1) is 16.6 Å². The third-order valence-electron chi connectivity index (χ3n) is 4.93. The number of halogens is 1. The number of nitrogen functional groups attached to an aromatic ring is 1. The van der Waals surface area contributed by atoms with Crippen LogP contribution in [-0.4, -0.2) is 33.4 Å². The van der Waals surface area contributed by atoms with Gasteiger partial charge in [0.1, 0.15) is 0 Å². The van der Waals surface area contributed by atoms with Crippen molar-refractivity contribution in [1.29, 1.82) is 0 Å². The summed E-state index contributed by atoms with van der Waals surface area (Å²) in [5.74, 6) is -0.0391. The number of benzene rings is 2. The summed E-state index contributed by atoms with van der Waals surface area (Å²) >= 11 is 0. The molecule has 1 aliphatic heterocycles. The molecule has 0 radical (unpaired) electrons. The van der Waals surface area contributed by atoms with Gasteiger partial charge in [-0.05, 0) is 37.1 Å². The number of nitrogens with one attached hydrogen (secondary N) is 1. The molecule has 7 heteroatoms. The van der Waals surface area contributed by atoms with Crippen LogP contribution in [-0.2, 0) is 0 Å². The van der Waals surface area contributed by atoms with Crippen molar-refractivity contribution in [3.8, 4) is 0 Å². The average molecular weight is 373 g/mol. The zero-order valence-corrected chi connectivity index (χ0v) is 15.0. The van der Waals surface area contributed by atoms with E-state index in [9.17, 15) is 9.59 Å². The van der Waals surface area contributed by atoms with Crippen molar-refractivity contribution in [1.82, 2.24) is 14.5 Å². The minimum atomic E-state index is -0.0849. The quantitative estimate of drug-likeness (QED) is 0.678. The van der Waals surface area contributed by atoms with E-state index in [1.165, 1.54) is 0 Å². The Hall–Kier alpha value is -2.73. The van der Waals surface area contributed by atoms with Crippen LogP contribution in [0.25, 0.3) is 11.0 Å². The van der Waals surface area contributed by atoms with Crippen molar-refractivity contribution in [2.45, 2.75) is 18.9 Å². The molecule has 3 N–H and O–H groups in total. The van der Waals surface area contributed by atoms with Gasteiger partial charge in [0.25, 0.3) is 5.91 Å². The first-order valence-electron chi connectivity index (χ1n) is 8.48. The highest BCUT2D eigenvalue weighted by molar-refractivity contribution is 5.99. The molecule has 0 atom stereocenters. The number of rotatable bonds is 2. The first-order chi connectivity index (χ1) is 12.1. The number of likely N-dealkylation sites (tertiary alicyclic amines) is 1. The summed E-state index contributed by atoms with van der Waals surface area (Å²) in [6.07, 6.45) is 1.50. The molecule has 1 saturated heterocycles. The number of amides is 1. The van der Waals surface area contributed by atoms with Crippen LogP contribution in [0.1, 0.15) is 29.2 Å². The highest BCUT2D eigenvalue weighted by Gasteiger charge is 2.27. The lowest BCUT2D eigenvalue weighted by atomic mass is 10.0. The first-order valence-corrected chi connectivity index (χ1v) is 8.48. The molecule has 2 aromatic carbocycles. The lowest BCUT2D eigenvalue weighted by Crippen LogP contribution is -2.40. The monoisotopic (exact) mass is 372 g/mol. The molecule has 3 aromatic rings. The lowest BCUT2D eigenvalue weighted by molar-refractivity contribution is 0.0696. The van der Waals surface area contributed by atoms with Crippen LogP contribution in [0.3, 0.4) is 0 Å². The van der Waals surface area contributed by atoms with E-state index < -0.39 is 0 Å². The fourth-order valence-corrected chi connectivity index (χ4v) is 3.63. The molecular formula is C19H21ClN4O2. The second-order valence-electron chi connectivity index (χ2n) is 6.43. The number of anilines is 1. The third-order valence-corrected chi connectivity index (χ3v) is 4.93. The van der Waals surface area contributed by atoms with E-state index in [-0.39, 0.29) is 30.0 Å². The van der Waals surface area contributed by atoms with Gasteiger partial charge in [-0.15, -0.1) is 12.4 Å². The van der Waals surface area contributed by atoms with E-state index in [0.717, 1.165) is 23.9 Å². The van der Waals surface area contributed by atoms with Crippen molar-refractivity contribution in [3.05, 3.63) is 64.6 Å². The normalized spacial score (nSPS) is 15.0. The number of para-hydroxylation sites is 3. The molecule has 26 heavy (non-hydrogen) atoms. The first kappa shape index (κ1) is 18.1. The Kier molecular flexibility index (Phi) is 5.04. The second-order valence-corrected chi connectivity index (χ2v) is 6.43. The zero-order chi connectivity index (χ0) is 17.4. The number of aromatic nitrogens is 2. The van der Waals surface area contributed by atoms with Gasteiger partial charge in [-0.2, -0.15) is 0 Å². The highest BCUT2D eigenvalue weighted by atomic mass is 35.5. The van der Waals surface area contributed by atoms with Crippen molar-refractivity contribution in [3.63, 3.8) is 0 Å². The van der Waals surface area contributed by atoms with Crippen LogP contribution in [0.4, 0.5) is 5.69 Å². The molecule has 0 unspecified atom stereocenters. The topological polar surface area (TPSA) is 84.1 Å². The highest BCUT2D eigenvalue weighted by Crippen LogP contribution is 2.26. The summed E-state index contributed by atoms with van der Waals surface area (Å²) in [6.45, 7) is 1.23. The Balaban J connectivity index is 0.00000196. The van der Waals surface area contributed by atoms with Crippen molar-refractivity contribution >= 4 is 35.0 Å². The summed E-state index contributed by atoms with van der Waals surface area (Å²) < 4.78 is 1.83. The maximum Gasteiger partial charge on any atom is 0.326 e. The number of imidazole rings is 1. The number of carbonyl (C=O) groups excluding carboxylic acids is 1. The fraction of sp³-hybridized carbons (Fsp3) is 0.263. The Morgan fingerprint density at radius 2 is 1.69 bits per heavy atom. The van der Waals surface area contributed by atoms with Crippen molar-refractivity contribution < 1.29 is 4.79 Å². The Bertz CT molecular complexity index is 986. The fourth-order valence-electron chi connectivity index (χ4n) is 3.63. The summed E-state index contributed by atoms with van der Waals surface area (Å²) in [4.78, 5) is 29.7. The van der Waals surface area contributed by atoms with E-state index >= 15 is 0 Å². The molecule has 1 fully saturated rings. The largest absolute Gasteiger partial charge is 0.398 e. The molecule has 136 valence electrons. The van der Waals surface area contributed by atoms with Gasteiger partial charge in [0.15, 0.2) is 0 Å². The average Bonchev–Trinajstić information content (AvgIpc) is 2.97. The number of nitrogens with zero attached hydrogens (tertiary/aromatic N) is 2. The molecule has 2 heterocycles. The number of fused-ring (bicyclic) bond motifs is 1. The molecule has 0 aliphatic carbocycles.